The van der Waals surface area contributed by atoms with Crippen molar-refractivity contribution in [1.82, 2.24) is 0 Å². The highest BCUT2D eigenvalue weighted by molar-refractivity contribution is 6.09. The van der Waals surface area contributed by atoms with Gasteiger partial charge in [-0.15, -0.1) is 0 Å². The highest BCUT2D eigenvalue weighted by Crippen LogP contribution is 2.26. The number of hydrogen-bond donors (Lipinski definition) is 1. The molecule has 0 bridgehead atoms. The largest absolute Gasteiger partial charge is 0.507 e. The molecule has 0 saturated heterocycles. The molecule has 4 nitrogen and oxygen atoms in total. The van der Waals surface area contributed by atoms with E-state index in [-0.39, 0.29) is 17.7 Å². The third-order valence-electron chi connectivity index (χ3n) is 2.89. The molecule has 0 fully saturated rings. The Morgan fingerprint density at radius 3 is 2.24 bits per heavy atom. The molecule has 0 radical (unpaired) electrons. The Morgan fingerprint density at radius 2 is 1.67 bits per heavy atom. The predicted molar refractivity (Wildman–Crippen MR) is 80.4 cm³/mol. The van der Waals surface area contributed by atoms with Gasteiger partial charge in [0.2, 0.25) is 0 Å². The first kappa shape index (κ1) is 15.0. The first-order chi connectivity index (χ1) is 9.76. The number of phenols is 1. The van der Waals surface area contributed by atoms with E-state index >= 15 is 0 Å². The van der Waals surface area contributed by atoms with Crippen LogP contribution in [0.15, 0.2) is 36.4 Å². The lowest BCUT2D eigenvalue weighted by molar-refractivity contribution is -0.153. The Bertz CT molecular complexity index is 695. The van der Waals surface area contributed by atoms with Crippen molar-refractivity contribution in [3.8, 4) is 5.75 Å². The van der Waals surface area contributed by atoms with E-state index in [2.05, 4.69) is 0 Å². The Labute approximate surface area is 123 Å². The minimum absolute atomic E-state index is 0.123. The second kappa shape index (κ2) is 5.56. The number of carbonyl (C=O) groups is 2. The van der Waals surface area contributed by atoms with Crippen molar-refractivity contribution >= 4 is 22.5 Å². The zero-order valence-corrected chi connectivity index (χ0v) is 12.3. The standard InChI is InChI=1S/C17H18O4/c1-17(2,3)21-16(20)10-15(19)13-8-11-6-4-5-7-12(11)9-14(13)18/h4-9,18H,10H2,1-3H3. The average Bonchev–Trinajstić information content (AvgIpc) is 2.35. The number of ether oxygens (including phenoxy) is 1. The fourth-order valence-electron chi connectivity index (χ4n) is 2.06. The summed E-state index contributed by atoms with van der Waals surface area (Å²) in [7, 11) is 0. The van der Waals surface area contributed by atoms with E-state index in [0.717, 1.165) is 10.8 Å². The molecule has 2 aromatic rings. The molecule has 0 unspecified atom stereocenters. The average molecular weight is 286 g/mol. The summed E-state index contributed by atoms with van der Waals surface area (Å²) >= 11 is 0. The van der Waals surface area contributed by atoms with Crippen molar-refractivity contribution in [1.29, 1.82) is 0 Å². The number of carbonyl (C=O) groups excluding carboxylic acids is 2. The molecule has 2 aromatic carbocycles. The van der Waals surface area contributed by atoms with E-state index in [9.17, 15) is 14.7 Å². The maximum atomic E-state index is 12.1. The molecule has 0 saturated carbocycles. The van der Waals surface area contributed by atoms with E-state index in [4.69, 9.17) is 4.74 Å². The van der Waals surface area contributed by atoms with Gasteiger partial charge >= 0.3 is 5.97 Å². The highest BCUT2D eigenvalue weighted by atomic mass is 16.6. The van der Waals surface area contributed by atoms with Crippen molar-refractivity contribution in [2.24, 2.45) is 0 Å². The number of fused-ring (bicyclic) bond motifs is 1. The maximum absolute atomic E-state index is 12.1. The molecule has 0 atom stereocenters. The van der Waals surface area contributed by atoms with Crippen LogP contribution >= 0.6 is 0 Å². The van der Waals surface area contributed by atoms with Crippen LogP contribution < -0.4 is 0 Å². The lowest BCUT2D eigenvalue weighted by Crippen LogP contribution is -2.25. The van der Waals surface area contributed by atoms with Gasteiger partial charge in [0.1, 0.15) is 17.8 Å². The number of rotatable bonds is 3. The van der Waals surface area contributed by atoms with Gasteiger partial charge in [-0.2, -0.15) is 0 Å². The monoisotopic (exact) mass is 286 g/mol. The number of ketones is 1. The van der Waals surface area contributed by atoms with Gasteiger partial charge < -0.3 is 9.84 Å². The topological polar surface area (TPSA) is 63.6 Å². The van der Waals surface area contributed by atoms with E-state index < -0.39 is 17.4 Å². The summed E-state index contributed by atoms with van der Waals surface area (Å²) in [6.45, 7) is 5.22. The normalized spacial score (nSPS) is 11.4. The summed E-state index contributed by atoms with van der Waals surface area (Å²) in [5, 5.41) is 11.6. The lowest BCUT2D eigenvalue weighted by Gasteiger charge is -2.19. The SMILES string of the molecule is CC(C)(C)OC(=O)CC(=O)c1cc2ccccc2cc1O. The minimum atomic E-state index is -0.636. The van der Waals surface area contributed by atoms with Gasteiger partial charge in [0.15, 0.2) is 5.78 Å². The molecule has 21 heavy (non-hydrogen) atoms. The fourth-order valence-corrected chi connectivity index (χ4v) is 2.06. The molecule has 0 aliphatic heterocycles. The third kappa shape index (κ3) is 3.81. The van der Waals surface area contributed by atoms with Crippen LogP contribution in [0.25, 0.3) is 10.8 Å². The van der Waals surface area contributed by atoms with Crippen molar-refractivity contribution in [3.63, 3.8) is 0 Å². The van der Waals surface area contributed by atoms with Crippen LogP contribution in [0.3, 0.4) is 0 Å². The molecule has 0 heterocycles. The number of phenolic OH excluding ortho intramolecular Hbond substituents is 1. The second-order valence-corrected chi connectivity index (χ2v) is 5.90. The van der Waals surface area contributed by atoms with Gasteiger partial charge in [-0.3, -0.25) is 9.59 Å². The third-order valence-corrected chi connectivity index (χ3v) is 2.89. The number of Topliss-reactive ketones (excluding diaryl/α,β-unsaturated/α-hetero) is 1. The van der Waals surface area contributed by atoms with Gasteiger partial charge in [-0.1, -0.05) is 24.3 Å². The summed E-state index contributed by atoms with van der Waals surface area (Å²) in [6.07, 6.45) is -0.386. The van der Waals surface area contributed by atoms with E-state index in [0.29, 0.717) is 0 Å². The summed E-state index contributed by atoms with van der Waals surface area (Å²) < 4.78 is 5.12. The Kier molecular flexibility index (Phi) is 3.98. The molecular weight excluding hydrogens is 268 g/mol. The minimum Gasteiger partial charge on any atom is -0.507 e. The second-order valence-electron chi connectivity index (χ2n) is 5.90. The van der Waals surface area contributed by atoms with Gasteiger partial charge in [0.25, 0.3) is 0 Å². The zero-order valence-electron chi connectivity index (χ0n) is 12.3. The van der Waals surface area contributed by atoms with Crippen LogP contribution in [-0.4, -0.2) is 22.5 Å². The van der Waals surface area contributed by atoms with Crippen LogP contribution in [0.2, 0.25) is 0 Å². The Hall–Kier alpha value is -2.36. The summed E-state index contributed by atoms with van der Waals surface area (Å²) in [5.41, 5.74) is -0.498. The number of hydrogen-bond acceptors (Lipinski definition) is 4. The molecule has 0 aliphatic carbocycles. The maximum Gasteiger partial charge on any atom is 0.314 e. The molecule has 110 valence electrons. The molecular formula is C17H18O4. The Morgan fingerprint density at radius 1 is 1.10 bits per heavy atom. The lowest BCUT2D eigenvalue weighted by atomic mass is 10.0. The summed E-state index contributed by atoms with van der Waals surface area (Å²) in [4.78, 5) is 23.8. The van der Waals surface area contributed by atoms with Crippen LogP contribution in [-0.2, 0) is 9.53 Å². The van der Waals surface area contributed by atoms with Crippen molar-refractivity contribution < 1.29 is 19.4 Å². The molecule has 0 spiro atoms. The number of benzene rings is 2. The predicted octanol–water partition coefficient (Wildman–Crippen LogP) is 3.46. The van der Waals surface area contributed by atoms with E-state index in [1.54, 1.807) is 26.8 Å². The number of aromatic hydroxyl groups is 1. The number of esters is 1. The van der Waals surface area contributed by atoms with Crippen molar-refractivity contribution in [2.75, 3.05) is 0 Å². The van der Waals surface area contributed by atoms with E-state index in [1.165, 1.54) is 6.07 Å². The summed E-state index contributed by atoms with van der Waals surface area (Å²) in [6, 6.07) is 10.5. The van der Waals surface area contributed by atoms with Gasteiger partial charge in [0.05, 0.1) is 5.56 Å². The quantitative estimate of drug-likeness (QED) is 0.533. The van der Waals surface area contributed by atoms with Gasteiger partial charge in [-0.05, 0) is 43.7 Å². The molecule has 4 heteroatoms. The smallest absolute Gasteiger partial charge is 0.314 e. The van der Waals surface area contributed by atoms with E-state index in [1.807, 2.05) is 24.3 Å². The molecule has 2 rings (SSSR count). The van der Waals surface area contributed by atoms with Gasteiger partial charge in [0, 0.05) is 0 Å². The molecule has 0 aliphatic rings. The zero-order chi connectivity index (χ0) is 15.6. The summed E-state index contributed by atoms with van der Waals surface area (Å²) in [5.74, 6) is -1.17. The molecule has 0 aromatic heterocycles. The Balaban J connectivity index is 2.23. The van der Waals surface area contributed by atoms with Crippen molar-refractivity contribution in [3.05, 3.63) is 42.0 Å². The first-order valence-corrected chi connectivity index (χ1v) is 6.73. The van der Waals surface area contributed by atoms with Gasteiger partial charge in [-0.25, -0.2) is 0 Å². The molecule has 1 N–H and O–H groups in total. The highest BCUT2D eigenvalue weighted by Gasteiger charge is 2.21. The van der Waals surface area contributed by atoms with Crippen LogP contribution in [0.5, 0.6) is 5.75 Å². The van der Waals surface area contributed by atoms with Crippen LogP contribution in [0.1, 0.15) is 37.6 Å². The van der Waals surface area contributed by atoms with Crippen LogP contribution in [0, 0.1) is 0 Å². The first-order valence-electron chi connectivity index (χ1n) is 6.73. The van der Waals surface area contributed by atoms with Crippen molar-refractivity contribution in [2.45, 2.75) is 32.8 Å². The fraction of sp³-hybridized carbons (Fsp3) is 0.294. The van der Waals surface area contributed by atoms with Crippen LogP contribution in [0.4, 0.5) is 0 Å². The molecule has 0 amide bonds.